The zero-order valence-electron chi connectivity index (χ0n) is 21.4. The number of hydrogen-bond acceptors (Lipinski definition) is 5. The van der Waals surface area contributed by atoms with Crippen LogP contribution in [0.4, 0.5) is 5.69 Å². The third-order valence-corrected chi connectivity index (χ3v) is 8.49. The monoisotopic (exact) mass is 575 g/mol. The van der Waals surface area contributed by atoms with Crippen molar-refractivity contribution in [3.63, 3.8) is 0 Å². The molecule has 38 heavy (non-hydrogen) atoms. The highest BCUT2D eigenvalue weighted by atomic mass is 35.5. The molecule has 0 aliphatic carbocycles. The van der Waals surface area contributed by atoms with Crippen LogP contribution in [-0.4, -0.2) is 58.1 Å². The van der Waals surface area contributed by atoms with Crippen LogP contribution in [0.5, 0.6) is 5.75 Å². The molecule has 1 N–H and O–H groups in total. The van der Waals surface area contributed by atoms with Crippen molar-refractivity contribution in [3.8, 4) is 5.75 Å². The Hall–Kier alpha value is -2.78. The molecular formula is C28H31Cl2N3O4S. The normalized spacial score (nSPS) is 14.8. The summed E-state index contributed by atoms with van der Waals surface area (Å²) in [7, 11) is -4.04. The van der Waals surface area contributed by atoms with Gasteiger partial charge in [-0.25, -0.2) is 8.42 Å². The van der Waals surface area contributed by atoms with Gasteiger partial charge in [0.15, 0.2) is 0 Å². The minimum absolute atomic E-state index is 0.0296. The minimum atomic E-state index is -4.04. The van der Waals surface area contributed by atoms with E-state index in [2.05, 4.69) is 9.62 Å². The van der Waals surface area contributed by atoms with E-state index < -0.39 is 16.1 Å². The highest BCUT2D eigenvalue weighted by Crippen LogP contribution is 2.28. The first-order valence-corrected chi connectivity index (χ1v) is 14.7. The van der Waals surface area contributed by atoms with Crippen LogP contribution in [0.3, 0.4) is 0 Å². The number of rotatable bonds is 9. The lowest BCUT2D eigenvalue weighted by Gasteiger charge is -2.38. The van der Waals surface area contributed by atoms with Crippen molar-refractivity contribution in [2.75, 3.05) is 37.7 Å². The molecule has 3 aromatic rings. The third kappa shape index (κ3) is 6.80. The van der Waals surface area contributed by atoms with Gasteiger partial charge in [0.05, 0.1) is 16.5 Å². The highest BCUT2D eigenvalue weighted by molar-refractivity contribution is 7.89. The smallest absolute Gasteiger partial charge is 0.241 e. The number of carbonyl (C=O) groups is 1. The molecule has 1 saturated heterocycles. The quantitative estimate of drug-likeness (QED) is 0.391. The summed E-state index contributed by atoms with van der Waals surface area (Å²) in [6, 6.07) is 18.4. The average Bonchev–Trinajstić information content (AvgIpc) is 2.91. The van der Waals surface area contributed by atoms with Gasteiger partial charge in [0.2, 0.25) is 15.9 Å². The number of halogens is 2. The first-order valence-electron chi connectivity index (χ1n) is 12.5. The molecule has 0 aromatic heterocycles. The van der Waals surface area contributed by atoms with E-state index in [9.17, 15) is 13.2 Å². The van der Waals surface area contributed by atoms with Gasteiger partial charge in [-0.05, 0) is 61.7 Å². The van der Waals surface area contributed by atoms with Crippen LogP contribution in [0.15, 0.2) is 71.6 Å². The van der Waals surface area contributed by atoms with Crippen LogP contribution in [0.2, 0.25) is 10.0 Å². The van der Waals surface area contributed by atoms with Crippen LogP contribution in [0.1, 0.15) is 18.1 Å². The number of ether oxygens (including phenoxy) is 1. The van der Waals surface area contributed by atoms with Crippen LogP contribution in [0.25, 0.3) is 0 Å². The van der Waals surface area contributed by atoms with E-state index >= 15 is 0 Å². The predicted molar refractivity (Wildman–Crippen MR) is 152 cm³/mol. The summed E-state index contributed by atoms with van der Waals surface area (Å²) in [6.07, 6.45) is 0.220. The molecule has 1 fully saturated rings. The van der Waals surface area contributed by atoms with Gasteiger partial charge in [-0.3, -0.25) is 4.79 Å². The number of benzene rings is 3. The molecule has 1 amide bonds. The number of nitrogens with zero attached hydrogens (tertiary/aromatic N) is 2. The largest absolute Gasteiger partial charge is 0.492 e. The lowest BCUT2D eigenvalue weighted by molar-refractivity contribution is -0.133. The Kier molecular flexibility index (Phi) is 9.20. The molecule has 0 spiro atoms. The van der Waals surface area contributed by atoms with Crippen LogP contribution >= 0.6 is 23.2 Å². The van der Waals surface area contributed by atoms with Crippen molar-refractivity contribution in [3.05, 3.63) is 87.9 Å². The van der Waals surface area contributed by atoms with Crippen molar-refractivity contribution in [2.24, 2.45) is 0 Å². The molecule has 0 radical (unpaired) electrons. The van der Waals surface area contributed by atoms with Crippen LogP contribution in [-0.2, 0) is 21.2 Å². The molecule has 4 rings (SSSR count). The Labute approximate surface area is 234 Å². The molecule has 0 unspecified atom stereocenters. The molecule has 0 bridgehead atoms. The molecule has 202 valence electrons. The number of aryl methyl sites for hydroxylation is 1. The van der Waals surface area contributed by atoms with Crippen molar-refractivity contribution >= 4 is 44.8 Å². The van der Waals surface area contributed by atoms with Gasteiger partial charge in [-0.1, -0.05) is 59.6 Å². The SMILES string of the molecule is CCOc1ccc(S(=O)(=O)N[C@@H](Cc2ccccc2)C(=O)N2CCN(c3cc(Cl)ccc3C)CC2)cc1Cl. The average molecular weight is 577 g/mol. The zero-order chi connectivity index (χ0) is 27.3. The van der Waals surface area contributed by atoms with E-state index in [-0.39, 0.29) is 22.2 Å². The third-order valence-electron chi connectivity index (χ3n) is 6.49. The summed E-state index contributed by atoms with van der Waals surface area (Å²) in [5.41, 5.74) is 3.00. The maximum absolute atomic E-state index is 13.7. The minimum Gasteiger partial charge on any atom is -0.492 e. The number of piperazine rings is 1. The maximum atomic E-state index is 13.7. The lowest BCUT2D eigenvalue weighted by atomic mass is 10.1. The summed E-state index contributed by atoms with van der Waals surface area (Å²) in [5.74, 6) is 0.134. The topological polar surface area (TPSA) is 78.9 Å². The summed E-state index contributed by atoms with van der Waals surface area (Å²) in [5, 5.41) is 0.851. The Morgan fingerprint density at radius 3 is 2.37 bits per heavy atom. The molecule has 1 heterocycles. The second-order valence-corrected chi connectivity index (χ2v) is 11.7. The first-order chi connectivity index (χ1) is 18.2. The molecule has 10 heteroatoms. The van der Waals surface area contributed by atoms with Gasteiger partial charge in [-0.15, -0.1) is 0 Å². The van der Waals surface area contributed by atoms with E-state index in [0.29, 0.717) is 43.6 Å². The summed E-state index contributed by atoms with van der Waals surface area (Å²) < 4.78 is 34.8. The second-order valence-electron chi connectivity index (χ2n) is 9.13. The Morgan fingerprint density at radius 2 is 1.71 bits per heavy atom. The maximum Gasteiger partial charge on any atom is 0.241 e. The van der Waals surface area contributed by atoms with Crippen molar-refractivity contribution < 1.29 is 17.9 Å². The first kappa shape index (κ1) is 28.2. The van der Waals surface area contributed by atoms with Crippen molar-refractivity contribution in [1.29, 1.82) is 0 Å². The van der Waals surface area contributed by atoms with E-state index in [1.165, 1.54) is 18.2 Å². The molecular weight excluding hydrogens is 545 g/mol. The van der Waals surface area contributed by atoms with E-state index in [4.69, 9.17) is 27.9 Å². The fourth-order valence-corrected chi connectivity index (χ4v) is 6.20. The number of hydrogen-bond donors (Lipinski definition) is 1. The molecule has 3 aromatic carbocycles. The number of carbonyl (C=O) groups excluding carboxylic acids is 1. The number of amides is 1. The molecule has 0 saturated carbocycles. The molecule has 1 aliphatic heterocycles. The van der Waals surface area contributed by atoms with Gasteiger partial charge in [-0.2, -0.15) is 4.72 Å². The summed E-state index contributed by atoms with van der Waals surface area (Å²) in [4.78, 5) is 17.6. The summed E-state index contributed by atoms with van der Waals surface area (Å²) >= 11 is 12.5. The molecule has 1 atom stereocenters. The van der Waals surface area contributed by atoms with Gasteiger partial charge in [0, 0.05) is 36.9 Å². The second kappa shape index (κ2) is 12.4. The Bertz CT molecular complexity index is 1380. The van der Waals surface area contributed by atoms with Crippen molar-refractivity contribution in [1.82, 2.24) is 9.62 Å². The molecule has 1 aliphatic rings. The van der Waals surface area contributed by atoms with Gasteiger partial charge >= 0.3 is 0 Å². The zero-order valence-corrected chi connectivity index (χ0v) is 23.7. The molecule has 7 nitrogen and oxygen atoms in total. The standard InChI is InChI=1S/C28H31Cl2N3O4S/c1-3-37-27-12-11-23(19-24(27)30)38(35,36)31-25(17-21-7-5-4-6-8-21)28(34)33-15-13-32(14-16-33)26-18-22(29)10-9-20(26)2/h4-12,18-19,25,31H,3,13-17H2,1-2H3/t25-/m0/s1. The van der Waals surface area contributed by atoms with Gasteiger partial charge < -0.3 is 14.5 Å². The predicted octanol–water partition coefficient (Wildman–Crippen LogP) is 4.94. The fraction of sp³-hybridized carbons (Fsp3) is 0.321. The summed E-state index contributed by atoms with van der Waals surface area (Å²) in [6.45, 7) is 6.42. The Balaban J connectivity index is 1.53. The number of nitrogens with one attached hydrogen (secondary N) is 1. The van der Waals surface area contributed by atoms with Crippen molar-refractivity contribution in [2.45, 2.75) is 31.2 Å². The van der Waals surface area contributed by atoms with Gasteiger partial charge in [0.25, 0.3) is 0 Å². The van der Waals surface area contributed by atoms with Crippen LogP contribution < -0.4 is 14.4 Å². The van der Waals surface area contributed by atoms with E-state index in [1.807, 2.05) is 62.4 Å². The van der Waals surface area contributed by atoms with E-state index in [0.717, 1.165) is 16.8 Å². The lowest BCUT2D eigenvalue weighted by Crippen LogP contribution is -2.55. The Morgan fingerprint density at radius 1 is 1.00 bits per heavy atom. The fourth-order valence-electron chi connectivity index (χ4n) is 4.52. The van der Waals surface area contributed by atoms with E-state index in [1.54, 1.807) is 4.90 Å². The number of sulfonamides is 1. The highest BCUT2D eigenvalue weighted by Gasteiger charge is 2.32. The number of anilines is 1. The van der Waals surface area contributed by atoms with Gasteiger partial charge in [0.1, 0.15) is 11.8 Å². The van der Waals surface area contributed by atoms with Crippen LogP contribution in [0, 0.1) is 6.92 Å².